The summed E-state index contributed by atoms with van der Waals surface area (Å²) in [5, 5.41) is 2.79. The van der Waals surface area contributed by atoms with Gasteiger partial charge in [-0.1, -0.05) is 37.3 Å². The molecule has 33 heavy (non-hydrogen) atoms. The van der Waals surface area contributed by atoms with Gasteiger partial charge >= 0.3 is 6.18 Å². The molecule has 1 N–H and O–H groups in total. The van der Waals surface area contributed by atoms with Crippen molar-refractivity contribution in [3.8, 4) is 0 Å². The number of halogens is 4. The molecule has 3 aromatic rings. The van der Waals surface area contributed by atoms with E-state index in [2.05, 4.69) is 10.3 Å². The third kappa shape index (κ3) is 6.89. The number of oxazole rings is 1. The molecule has 0 aliphatic rings. The van der Waals surface area contributed by atoms with Crippen LogP contribution < -0.4 is 5.32 Å². The molecule has 9 heteroatoms. The van der Waals surface area contributed by atoms with Crippen LogP contribution in [0, 0.1) is 5.82 Å². The monoisotopic (exact) mass is 463 g/mol. The molecule has 0 aliphatic carbocycles. The first-order valence-electron chi connectivity index (χ1n) is 10.5. The molecule has 0 spiro atoms. The lowest BCUT2D eigenvalue weighted by Crippen LogP contribution is -2.32. The standard InChI is InChI=1S/C24H25F4N3O2/c1-3-16(2)29-23(32)21-15-33-22(30-21)14-31(12-17-8-10-19(25)11-9-17)13-18-6-4-5-7-20(18)24(26,27)28/h4-11,15-16H,3,12-14H2,1-2H3,(H,29,32)/t16-/m1/s1. The van der Waals surface area contributed by atoms with Gasteiger partial charge in [-0.3, -0.25) is 9.69 Å². The van der Waals surface area contributed by atoms with E-state index in [1.165, 1.54) is 30.5 Å². The highest BCUT2D eigenvalue weighted by molar-refractivity contribution is 5.92. The van der Waals surface area contributed by atoms with E-state index in [0.29, 0.717) is 5.56 Å². The van der Waals surface area contributed by atoms with Gasteiger partial charge in [0.1, 0.15) is 12.1 Å². The van der Waals surface area contributed by atoms with Gasteiger partial charge in [-0.05, 0) is 42.7 Å². The van der Waals surface area contributed by atoms with Crippen molar-refractivity contribution >= 4 is 5.91 Å². The van der Waals surface area contributed by atoms with E-state index < -0.39 is 17.6 Å². The first-order chi connectivity index (χ1) is 15.7. The summed E-state index contributed by atoms with van der Waals surface area (Å²) >= 11 is 0. The third-order valence-corrected chi connectivity index (χ3v) is 5.17. The maximum atomic E-state index is 13.5. The lowest BCUT2D eigenvalue weighted by Gasteiger charge is -2.23. The molecule has 5 nitrogen and oxygen atoms in total. The van der Waals surface area contributed by atoms with Gasteiger partial charge in [0.05, 0.1) is 12.1 Å². The largest absolute Gasteiger partial charge is 0.447 e. The average molecular weight is 463 g/mol. The third-order valence-electron chi connectivity index (χ3n) is 5.17. The molecule has 1 heterocycles. The fraction of sp³-hybridized carbons (Fsp3) is 0.333. The quantitative estimate of drug-likeness (QED) is 0.422. The number of nitrogens with one attached hydrogen (secondary N) is 1. The predicted molar refractivity (Wildman–Crippen MR) is 115 cm³/mol. The summed E-state index contributed by atoms with van der Waals surface area (Å²) in [5.41, 5.74) is 0.174. The number of carbonyl (C=O) groups is 1. The minimum atomic E-state index is -4.50. The van der Waals surface area contributed by atoms with Crippen molar-refractivity contribution < 1.29 is 26.8 Å². The van der Waals surface area contributed by atoms with E-state index in [1.54, 1.807) is 23.1 Å². The Kier molecular flexibility index (Phi) is 7.86. The number of hydrogen-bond acceptors (Lipinski definition) is 4. The first-order valence-corrected chi connectivity index (χ1v) is 10.5. The number of benzene rings is 2. The number of alkyl halides is 3. The normalized spacial score (nSPS) is 12.7. The van der Waals surface area contributed by atoms with Crippen LogP contribution in [0.3, 0.4) is 0 Å². The van der Waals surface area contributed by atoms with Crippen LogP contribution in [-0.4, -0.2) is 21.8 Å². The van der Waals surface area contributed by atoms with Crippen LogP contribution in [0.1, 0.15) is 53.3 Å². The molecule has 2 aromatic carbocycles. The summed E-state index contributed by atoms with van der Waals surface area (Å²) in [6.45, 7) is 4.03. The second-order valence-electron chi connectivity index (χ2n) is 7.84. The summed E-state index contributed by atoms with van der Waals surface area (Å²) in [4.78, 5) is 18.2. The molecule has 0 unspecified atom stereocenters. The van der Waals surface area contributed by atoms with Gasteiger partial charge < -0.3 is 9.73 Å². The Bertz CT molecular complexity index is 1060. The van der Waals surface area contributed by atoms with Crippen molar-refractivity contribution in [2.75, 3.05) is 0 Å². The molecule has 0 fully saturated rings. The summed E-state index contributed by atoms with van der Waals surface area (Å²) in [6, 6.07) is 11.0. The molecule has 1 amide bonds. The molecule has 0 aliphatic heterocycles. The Morgan fingerprint density at radius 1 is 1.09 bits per heavy atom. The molecule has 0 saturated carbocycles. The number of carbonyl (C=O) groups excluding carboxylic acids is 1. The summed E-state index contributed by atoms with van der Waals surface area (Å²) in [6.07, 6.45) is -2.52. The van der Waals surface area contributed by atoms with E-state index in [9.17, 15) is 22.4 Å². The zero-order valence-corrected chi connectivity index (χ0v) is 18.3. The van der Waals surface area contributed by atoms with E-state index >= 15 is 0 Å². The molecule has 1 atom stereocenters. The lowest BCUT2D eigenvalue weighted by atomic mass is 10.1. The molecule has 1 aromatic heterocycles. The zero-order valence-electron chi connectivity index (χ0n) is 18.3. The molecule has 0 radical (unpaired) electrons. The maximum absolute atomic E-state index is 13.5. The fourth-order valence-corrected chi connectivity index (χ4v) is 3.27. The van der Waals surface area contributed by atoms with Crippen molar-refractivity contribution in [2.45, 2.75) is 52.1 Å². The van der Waals surface area contributed by atoms with E-state index in [-0.39, 0.29) is 48.7 Å². The number of hydrogen-bond donors (Lipinski definition) is 1. The molecule has 3 rings (SSSR count). The summed E-state index contributed by atoms with van der Waals surface area (Å²) in [7, 11) is 0. The molecule has 0 bridgehead atoms. The number of aromatic nitrogens is 1. The van der Waals surface area contributed by atoms with Crippen LogP contribution in [0.2, 0.25) is 0 Å². The topological polar surface area (TPSA) is 58.4 Å². The number of nitrogens with zero attached hydrogens (tertiary/aromatic N) is 2. The Balaban J connectivity index is 1.83. The Morgan fingerprint density at radius 2 is 1.79 bits per heavy atom. The van der Waals surface area contributed by atoms with E-state index in [1.807, 2.05) is 13.8 Å². The van der Waals surface area contributed by atoms with Crippen molar-refractivity contribution in [1.82, 2.24) is 15.2 Å². The number of rotatable bonds is 9. The molecule has 0 saturated heterocycles. The van der Waals surface area contributed by atoms with E-state index in [4.69, 9.17) is 4.42 Å². The highest BCUT2D eigenvalue weighted by atomic mass is 19.4. The highest BCUT2D eigenvalue weighted by Gasteiger charge is 2.33. The van der Waals surface area contributed by atoms with Crippen LogP contribution in [0.4, 0.5) is 17.6 Å². The summed E-state index contributed by atoms with van der Waals surface area (Å²) < 4.78 is 59.2. The second kappa shape index (κ2) is 10.6. The predicted octanol–water partition coefficient (Wildman–Crippen LogP) is 5.56. The minimum Gasteiger partial charge on any atom is -0.447 e. The van der Waals surface area contributed by atoms with Gasteiger partial charge in [-0.2, -0.15) is 13.2 Å². The van der Waals surface area contributed by atoms with Crippen molar-refractivity contribution in [3.63, 3.8) is 0 Å². The van der Waals surface area contributed by atoms with Gasteiger partial charge in [0.2, 0.25) is 5.89 Å². The first kappa shape index (κ1) is 24.4. The SMILES string of the molecule is CC[C@@H](C)NC(=O)c1coc(CN(Cc2ccc(F)cc2)Cc2ccccc2C(F)(F)F)n1. The van der Waals surface area contributed by atoms with Gasteiger partial charge in [0.25, 0.3) is 5.91 Å². The molecule has 176 valence electrons. The van der Waals surface area contributed by atoms with Crippen molar-refractivity contribution in [2.24, 2.45) is 0 Å². The van der Waals surface area contributed by atoms with Gasteiger partial charge in [0.15, 0.2) is 5.69 Å². The van der Waals surface area contributed by atoms with Gasteiger partial charge in [0, 0.05) is 19.1 Å². The second-order valence-corrected chi connectivity index (χ2v) is 7.84. The van der Waals surface area contributed by atoms with Crippen LogP contribution in [0.15, 0.2) is 59.2 Å². The highest BCUT2D eigenvalue weighted by Crippen LogP contribution is 2.32. The minimum absolute atomic E-state index is 0.0357. The van der Waals surface area contributed by atoms with Crippen LogP contribution >= 0.6 is 0 Å². The molecular weight excluding hydrogens is 438 g/mol. The Hall–Kier alpha value is -3.20. The van der Waals surface area contributed by atoms with Gasteiger partial charge in [-0.15, -0.1) is 0 Å². The zero-order chi connectivity index (χ0) is 24.0. The van der Waals surface area contributed by atoms with Crippen LogP contribution in [0.25, 0.3) is 0 Å². The Morgan fingerprint density at radius 3 is 2.45 bits per heavy atom. The average Bonchev–Trinajstić information content (AvgIpc) is 3.23. The number of amides is 1. The van der Waals surface area contributed by atoms with Crippen LogP contribution in [0.5, 0.6) is 0 Å². The lowest BCUT2D eigenvalue weighted by molar-refractivity contribution is -0.138. The molecular formula is C24H25F4N3O2. The van der Waals surface area contributed by atoms with Crippen molar-refractivity contribution in [3.05, 3.63) is 88.9 Å². The summed E-state index contributed by atoms with van der Waals surface area (Å²) in [5.74, 6) is -0.597. The van der Waals surface area contributed by atoms with Crippen LogP contribution in [-0.2, 0) is 25.8 Å². The maximum Gasteiger partial charge on any atom is 0.416 e. The smallest absolute Gasteiger partial charge is 0.416 e. The fourth-order valence-electron chi connectivity index (χ4n) is 3.27. The Labute approximate surface area is 189 Å². The van der Waals surface area contributed by atoms with Crippen molar-refractivity contribution in [1.29, 1.82) is 0 Å². The van der Waals surface area contributed by atoms with Gasteiger partial charge in [-0.25, -0.2) is 9.37 Å². The van der Waals surface area contributed by atoms with E-state index in [0.717, 1.165) is 12.5 Å².